The Morgan fingerprint density at radius 1 is 1.45 bits per heavy atom. The van der Waals surface area contributed by atoms with Gasteiger partial charge in [-0.25, -0.2) is 0 Å². The highest BCUT2D eigenvalue weighted by Crippen LogP contribution is 2.31. The van der Waals surface area contributed by atoms with E-state index in [1.165, 1.54) is 0 Å². The molecule has 128 valence electrons. The van der Waals surface area contributed by atoms with Crippen molar-refractivity contribution in [2.75, 3.05) is 32.5 Å². The second kappa shape index (κ2) is 10.0. The van der Waals surface area contributed by atoms with Crippen LogP contribution < -0.4 is 11.1 Å². The lowest BCUT2D eigenvalue weighted by atomic mass is 9.95. The smallest absolute Gasteiger partial charge is 0.229 e. The summed E-state index contributed by atoms with van der Waals surface area (Å²) < 4.78 is 1.85. The van der Waals surface area contributed by atoms with Crippen LogP contribution in [0.5, 0.6) is 0 Å². The number of carbonyl (C=O) groups is 1. The van der Waals surface area contributed by atoms with Crippen molar-refractivity contribution in [3.63, 3.8) is 0 Å². The van der Waals surface area contributed by atoms with Gasteiger partial charge in [0.1, 0.15) is 0 Å². The standard InChI is InChI=1S/C14H25N5O.2ClH/c1-18(2)8-9-19-7-6-13(17-19)16-14(20)12-5-3-4-11(12)10-15;;/h6-7,11-12H,3-5,8-10,15H2,1-2H3,(H,16,17,20);2*1H/t11-,12-;;/m1../s1. The molecule has 0 spiro atoms. The first kappa shape index (κ1) is 21.2. The number of amides is 1. The lowest BCUT2D eigenvalue weighted by molar-refractivity contribution is -0.120. The zero-order valence-corrected chi connectivity index (χ0v) is 14.8. The van der Waals surface area contributed by atoms with Crippen LogP contribution in [0.4, 0.5) is 5.82 Å². The topological polar surface area (TPSA) is 76.2 Å². The summed E-state index contributed by atoms with van der Waals surface area (Å²) in [4.78, 5) is 14.3. The average molecular weight is 352 g/mol. The fourth-order valence-electron chi connectivity index (χ4n) is 2.74. The minimum absolute atomic E-state index is 0. The molecular formula is C14H27Cl2N5O. The van der Waals surface area contributed by atoms with Crippen molar-refractivity contribution in [1.82, 2.24) is 14.7 Å². The molecule has 1 saturated carbocycles. The van der Waals surface area contributed by atoms with Gasteiger partial charge in [-0.2, -0.15) is 5.10 Å². The van der Waals surface area contributed by atoms with Gasteiger partial charge in [0.15, 0.2) is 5.82 Å². The molecule has 2 rings (SSSR count). The van der Waals surface area contributed by atoms with Crippen molar-refractivity contribution in [2.24, 2.45) is 17.6 Å². The van der Waals surface area contributed by atoms with Crippen LogP contribution in [0.25, 0.3) is 0 Å². The number of hydrogen-bond acceptors (Lipinski definition) is 4. The summed E-state index contributed by atoms with van der Waals surface area (Å²) in [6, 6.07) is 1.85. The van der Waals surface area contributed by atoms with Crippen molar-refractivity contribution < 1.29 is 4.79 Å². The molecule has 0 radical (unpaired) electrons. The molecule has 0 aromatic carbocycles. The number of aromatic nitrogens is 2. The molecule has 1 amide bonds. The summed E-state index contributed by atoms with van der Waals surface area (Å²) in [6.07, 6.45) is 4.99. The molecule has 22 heavy (non-hydrogen) atoms. The second-order valence-electron chi connectivity index (χ2n) is 5.79. The van der Waals surface area contributed by atoms with Gasteiger partial charge >= 0.3 is 0 Å². The zero-order chi connectivity index (χ0) is 14.5. The normalized spacial score (nSPS) is 20.4. The Balaban J connectivity index is 0.00000220. The van der Waals surface area contributed by atoms with E-state index in [1.54, 1.807) is 0 Å². The number of hydrogen-bond donors (Lipinski definition) is 2. The molecule has 2 atom stereocenters. The molecule has 1 fully saturated rings. The Bertz CT molecular complexity index is 452. The Labute approximate surface area is 144 Å². The van der Waals surface area contributed by atoms with E-state index in [-0.39, 0.29) is 36.6 Å². The average Bonchev–Trinajstić information content (AvgIpc) is 3.04. The maximum Gasteiger partial charge on any atom is 0.229 e. The first-order chi connectivity index (χ1) is 9.60. The molecule has 0 saturated heterocycles. The van der Waals surface area contributed by atoms with Crippen LogP contribution in [-0.4, -0.2) is 47.8 Å². The summed E-state index contributed by atoms with van der Waals surface area (Å²) in [7, 11) is 4.05. The van der Waals surface area contributed by atoms with E-state index in [4.69, 9.17) is 5.73 Å². The molecular weight excluding hydrogens is 325 g/mol. The summed E-state index contributed by atoms with van der Waals surface area (Å²) in [5.41, 5.74) is 5.72. The number of halogens is 2. The molecule has 3 N–H and O–H groups in total. The first-order valence-corrected chi connectivity index (χ1v) is 7.29. The molecule has 0 bridgehead atoms. The van der Waals surface area contributed by atoms with Crippen LogP contribution in [0.15, 0.2) is 12.3 Å². The van der Waals surface area contributed by atoms with Crippen LogP contribution in [0, 0.1) is 11.8 Å². The first-order valence-electron chi connectivity index (χ1n) is 7.29. The van der Waals surface area contributed by atoms with Gasteiger partial charge < -0.3 is 16.0 Å². The lowest BCUT2D eigenvalue weighted by Crippen LogP contribution is -2.30. The summed E-state index contributed by atoms with van der Waals surface area (Å²) >= 11 is 0. The zero-order valence-electron chi connectivity index (χ0n) is 13.2. The van der Waals surface area contributed by atoms with E-state index in [0.29, 0.717) is 18.3 Å². The number of likely N-dealkylation sites (N-methyl/N-ethyl adjacent to an activating group) is 1. The minimum Gasteiger partial charge on any atom is -0.330 e. The molecule has 8 heteroatoms. The van der Waals surface area contributed by atoms with Crippen LogP contribution in [0.3, 0.4) is 0 Å². The molecule has 1 aromatic rings. The molecule has 1 aromatic heterocycles. The second-order valence-corrected chi connectivity index (χ2v) is 5.79. The number of nitrogens with one attached hydrogen (secondary N) is 1. The van der Waals surface area contributed by atoms with Crippen molar-refractivity contribution in [1.29, 1.82) is 0 Å². The lowest BCUT2D eigenvalue weighted by Gasteiger charge is -2.16. The van der Waals surface area contributed by atoms with Crippen LogP contribution in [-0.2, 0) is 11.3 Å². The van der Waals surface area contributed by atoms with Gasteiger partial charge in [-0.15, -0.1) is 24.8 Å². The molecule has 0 aliphatic heterocycles. The number of carbonyl (C=O) groups excluding carboxylic acids is 1. The SMILES string of the molecule is CN(C)CCn1ccc(NC(=O)[C@@H]2CCC[C@@H]2CN)n1.Cl.Cl. The molecule has 6 nitrogen and oxygen atoms in total. The van der Waals surface area contributed by atoms with E-state index in [9.17, 15) is 4.79 Å². The number of nitrogens with zero attached hydrogens (tertiary/aromatic N) is 3. The predicted molar refractivity (Wildman–Crippen MR) is 93.8 cm³/mol. The molecule has 0 unspecified atom stereocenters. The van der Waals surface area contributed by atoms with E-state index in [1.807, 2.05) is 31.0 Å². The highest BCUT2D eigenvalue weighted by atomic mass is 35.5. The fourth-order valence-corrected chi connectivity index (χ4v) is 2.74. The van der Waals surface area contributed by atoms with Crippen LogP contribution in [0.2, 0.25) is 0 Å². The van der Waals surface area contributed by atoms with Crippen molar-refractivity contribution in [3.05, 3.63) is 12.3 Å². The maximum absolute atomic E-state index is 12.2. The Kier molecular flexibility index (Phi) is 9.67. The quantitative estimate of drug-likeness (QED) is 0.816. The monoisotopic (exact) mass is 351 g/mol. The predicted octanol–water partition coefficient (Wildman–Crippen LogP) is 1.60. The van der Waals surface area contributed by atoms with Gasteiger partial charge in [0, 0.05) is 24.7 Å². The fraction of sp³-hybridized carbons (Fsp3) is 0.714. The summed E-state index contributed by atoms with van der Waals surface area (Å²) in [5, 5.41) is 7.29. The van der Waals surface area contributed by atoms with E-state index >= 15 is 0 Å². The number of rotatable bonds is 6. The van der Waals surface area contributed by atoms with Crippen molar-refractivity contribution >= 4 is 36.5 Å². The summed E-state index contributed by atoms with van der Waals surface area (Å²) in [5.74, 6) is 1.07. The van der Waals surface area contributed by atoms with Crippen LogP contribution >= 0.6 is 24.8 Å². The van der Waals surface area contributed by atoms with Gasteiger partial charge in [0.25, 0.3) is 0 Å². The van der Waals surface area contributed by atoms with Gasteiger partial charge in [-0.05, 0) is 39.4 Å². The van der Waals surface area contributed by atoms with Gasteiger partial charge in [-0.1, -0.05) is 6.42 Å². The minimum atomic E-state index is 0. The molecule has 1 heterocycles. The molecule has 1 aliphatic rings. The van der Waals surface area contributed by atoms with Crippen molar-refractivity contribution in [3.8, 4) is 0 Å². The third-order valence-corrected chi connectivity index (χ3v) is 3.97. The van der Waals surface area contributed by atoms with E-state index < -0.39 is 0 Å². The largest absolute Gasteiger partial charge is 0.330 e. The molecule has 1 aliphatic carbocycles. The van der Waals surface area contributed by atoms with E-state index in [0.717, 1.165) is 32.4 Å². The highest BCUT2D eigenvalue weighted by Gasteiger charge is 2.32. The highest BCUT2D eigenvalue weighted by molar-refractivity contribution is 5.92. The Hall–Kier alpha value is -0.820. The van der Waals surface area contributed by atoms with Gasteiger partial charge in [0.2, 0.25) is 5.91 Å². The summed E-state index contributed by atoms with van der Waals surface area (Å²) in [6.45, 7) is 2.33. The van der Waals surface area contributed by atoms with Crippen LogP contribution in [0.1, 0.15) is 19.3 Å². The number of nitrogens with two attached hydrogens (primary N) is 1. The number of anilines is 1. The third kappa shape index (κ3) is 5.76. The van der Waals surface area contributed by atoms with Gasteiger partial charge in [-0.3, -0.25) is 9.48 Å². The Morgan fingerprint density at radius 3 is 2.82 bits per heavy atom. The van der Waals surface area contributed by atoms with Gasteiger partial charge in [0.05, 0.1) is 6.54 Å². The van der Waals surface area contributed by atoms with Crippen molar-refractivity contribution in [2.45, 2.75) is 25.8 Å². The Morgan fingerprint density at radius 2 is 2.18 bits per heavy atom. The third-order valence-electron chi connectivity index (χ3n) is 3.97. The van der Waals surface area contributed by atoms with E-state index in [2.05, 4.69) is 15.3 Å². The maximum atomic E-state index is 12.2.